The number of carbonyl (C=O) groups is 1. The Labute approximate surface area is 99.5 Å². The van der Waals surface area contributed by atoms with Gasteiger partial charge in [0.2, 0.25) is 0 Å². The van der Waals surface area contributed by atoms with E-state index >= 15 is 0 Å². The van der Waals surface area contributed by atoms with Gasteiger partial charge in [0.05, 0.1) is 10.4 Å². The first-order valence-electron chi connectivity index (χ1n) is 4.72. The summed E-state index contributed by atoms with van der Waals surface area (Å²) in [6, 6.07) is 6.53. The Morgan fingerprint density at radius 2 is 1.71 bits per heavy atom. The van der Waals surface area contributed by atoms with Crippen LogP contribution in [0, 0.1) is 0 Å². The Bertz CT molecular complexity index is 525. The third-order valence-electron chi connectivity index (χ3n) is 2.28. The van der Waals surface area contributed by atoms with E-state index in [-0.39, 0.29) is 0 Å². The maximum absolute atomic E-state index is 12.3. The Morgan fingerprint density at radius 1 is 1.06 bits per heavy atom. The average Bonchev–Trinajstić information content (AvgIpc) is 2.76. The zero-order valence-electron chi connectivity index (χ0n) is 8.49. The molecule has 0 spiro atoms. The number of rotatable bonds is 2. The molecule has 0 amide bonds. The van der Waals surface area contributed by atoms with E-state index in [2.05, 4.69) is 0 Å². The van der Waals surface area contributed by atoms with Crippen LogP contribution in [0.15, 0.2) is 35.7 Å². The van der Waals surface area contributed by atoms with E-state index < -0.39 is 11.7 Å². The van der Waals surface area contributed by atoms with E-state index in [0.717, 1.165) is 24.0 Å². The first-order valence-corrected chi connectivity index (χ1v) is 5.60. The minimum absolute atomic E-state index is 0.555. The van der Waals surface area contributed by atoms with Gasteiger partial charge >= 0.3 is 6.18 Å². The van der Waals surface area contributed by atoms with Crippen LogP contribution in [-0.2, 0) is 6.18 Å². The van der Waals surface area contributed by atoms with Crippen LogP contribution in [0.25, 0.3) is 11.1 Å². The molecule has 0 aliphatic heterocycles. The number of alkyl halides is 3. The molecular weight excluding hydrogens is 249 g/mol. The minimum Gasteiger partial charge on any atom is -0.297 e. The normalized spacial score (nSPS) is 11.5. The van der Waals surface area contributed by atoms with Crippen molar-refractivity contribution in [2.24, 2.45) is 0 Å². The molecule has 0 atom stereocenters. The number of halogens is 3. The van der Waals surface area contributed by atoms with Gasteiger partial charge in [0, 0.05) is 0 Å². The van der Waals surface area contributed by atoms with Crippen LogP contribution in [0.2, 0.25) is 0 Å². The Kier molecular flexibility index (Phi) is 3.02. The fraction of sp³-hybridized carbons (Fsp3) is 0.0833. The molecule has 1 nitrogen and oxygen atoms in total. The molecule has 0 fully saturated rings. The van der Waals surface area contributed by atoms with Gasteiger partial charge in [0.1, 0.15) is 0 Å². The standard InChI is InChI=1S/C12H7F3OS/c13-12(14,15)10-3-1-8(2-4-10)9-5-11(6-16)17-7-9/h1-7H. The van der Waals surface area contributed by atoms with Gasteiger partial charge in [-0.25, -0.2) is 0 Å². The van der Waals surface area contributed by atoms with Crippen molar-refractivity contribution < 1.29 is 18.0 Å². The Morgan fingerprint density at radius 3 is 2.18 bits per heavy atom. The maximum Gasteiger partial charge on any atom is 0.416 e. The topological polar surface area (TPSA) is 17.1 Å². The maximum atomic E-state index is 12.3. The van der Waals surface area contributed by atoms with Crippen LogP contribution < -0.4 is 0 Å². The smallest absolute Gasteiger partial charge is 0.297 e. The largest absolute Gasteiger partial charge is 0.416 e. The second-order valence-corrected chi connectivity index (χ2v) is 4.37. The molecule has 0 saturated heterocycles. The first kappa shape index (κ1) is 11.9. The zero-order valence-corrected chi connectivity index (χ0v) is 9.31. The third kappa shape index (κ3) is 2.55. The summed E-state index contributed by atoms with van der Waals surface area (Å²) in [4.78, 5) is 11.1. The third-order valence-corrected chi connectivity index (χ3v) is 3.14. The highest BCUT2D eigenvalue weighted by Gasteiger charge is 2.29. The van der Waals surface area contributed by atoms with Crippen molar-refractivity contribution in [2.75, 3.05) is 0 Å². The summed E-state index contributed by atoms with van der Waals surface area (Å²) in [6.45, 7) is 0. The molecule has 0 bridgehead atoms. The number of benzene rings is 1. The molecule has 0 aliphatic carbocycles. The first-order chi connectivity index (χ1) is 8.00. The molecule has 0 unspecified atom stereocenters. The fourth-order valence-corrected chi connectivity index (χ4v) is 2.14. The second kappa shape index (κ2) is 4.33. The van der Waals surface area contributed by atoms with E-state index in [9.17, 15) is 18.0 Å². The van der Waals surface area contributed by atoms with Crippen molar-refractivity contribution in [1.82, 2.24) is 0 Å². The lowest BCUT2D eigenvalue weighted by Gasteiger charge is -2.06. The van der Waals surface area contributed by atoms with E-state index in [4.69, 9.17) is 0 Å². The average molecular weight is 256 g/mol. The summed E-state index contributed by atoms with van der Waals surface area (Å²) in [5.41, 5.74) is 0.750. The molecule has 1 aromatic heterocycles. The van der Waals surface area contributed by atoms with E-state index in [1.54, 1.807) is 11.4 Å². The SMILES string of the molecule is O=Cc1cc(-c2ccc(C(F)(F)F)cc2)cs1. The van der Waals surface area contributed by atoms with Gasteiger partial charge in [0.15, 0.2) is 6.29 Å². The van der Waals surface area contributed by atoms with Crippen molar-refractivity contribution in [3.8, 4) is 11.1 Å². The summed E-state index contributed by atoms with van der Waals surface area (Å²) in [5.74, 6) is 0. The number of aldehydes is 1. The number of hydrogen-bond acceptors (Lipinski definition) is 2. The number of hydrogen-bond donors (Lipinski definition) is 0. The molecule has 5 heteroatoms. The predicted octanol–water partition coefficient (Wildman–Crippen LogP) is 4.25. The summed E-state index contributed by atoms with van der Waals surface area (Å²) in [6.07, 6.45) is -3.60. The quantitative estimate of drug-likeness (QED) is 0.734. The van der Waals surface area contributed by atoms with Gasteiger partial charge in [-0.15, -0.1) is 11.3 Å². The van der Waals surface area contributed by atoms with E-state index in [1.807, 2.05) is 0 Å². The molecule has 0 radical (unpaired) electrons. The van der Waals surface area contributed by atoms with E-state index in [0.29, 0.717) is 10.4 Å². The van der Waals surface area contributed by atoms with Gasteiger partial charge < -0.3 is 0 Å². The number of carbonyl (C=O) groups excluding carboxylic acids is 1. The van der Waals surface area contributed by atoms with Crippen molar-refractivity contribution in [3.63, 3.8) is 0 Å². The van der Waals surface area contributed by atoms with Crippen molar-refractivity contribution >= 4 is 17.6 Å². The van der Waals surface area contributed by atoms with Gasteiger partial charge in [-0.05, 0) is 34.7 Å². The number of thiophene rings is 1. The van der Waals surface area contributed by atoms with Gasteiger partial charge in [0.25, 0.3) is 0 Å². The summed E-state index contributed by atoms with van der Waals surface area (Å²) >= 11 is 1.26. The van der Waals surface area contributed by atoms with Crippen molar-refractivity contribution in [3.05, 3.63) is 46.2 Å². The lowest BCUT2D eigenvalue weighted by Crippen LogP contribution is -2.03. The highest BCUT2D eigenvalue weighted by molar-refractivity contribution is 7.12. The molecule has 88 valence electrons. The van der Waals surface area contributed by atoms with Crippen LogP contribution in [0.1, 0.15) is 15.2 Å². The molecule has 2 aromatic rings. The molecule has 2 rings (SSSR count). The molecular formula is C12H7F3OS. The zero-order chi connectivity index (χ0) is 12.5. The van der Waals surface area contributed by atoms with Gasteiger partial charge in [-0.3, -0.25) is 4.79 Å². The lowest BCUT2D eigenvalue weighted by molar-refractivity contribution is -0.137. The summed E-state index contributed by atoms with van der Waals surface area (Å²) < 4.78 is 37.0. The highest BCUT2D eigenvalue weighted by Crippen LogP contribution is 2.31. The second-order valence-electron chi connectivity index (χ2n) is 3.43. The van der Waals surface area contributed by atoms with Crippen LogP contribution >= 0.6 is 11.3 Å². The molecule has 0 aliphatic rings. The Balaban J connectivity index is 2.32. The van der Waals surface area contributed by atoms with Crippen molar-refractivity contribution in [2.45, 2.75) is 6.18 Å². The minimum atomic E-state index is -4.32. The monoisotopic (exact) mass is 256 g/mol. The summed E-state index contributed by atoms with van der Waals surface area (Å²) in [5, 5.41) is 1.74. The summed E-state index contributed by atoms with van der Waals surface area (Å²) in [7, 11) is 0. The molecule has 17 heavy (non-hydrogen) atoms. The van der Waals surface area contributed by atoms with Crippen LogP contribution in [0.4, 0.5) is 13.2 Å². The highest BCUT2D eigenvalue weighted by atomic mass is 32.1. The fourth-order valence-electron chi connectivity index (χ4n) is 1.42. The van der Waals surface area contributed by atoms with Gasteiger partial charge in [-0.1, -0.05) is 12.1 Å². The molecule has 0 N–H and O–H groups in total. The van der Waals surface area contributed by atoms with Crippen molar-refractivity contribution in [1.29, 1.82) is 0 Å². The molecule has 1 heterocycles. The van der Waals surface area contributed by atoms with E-state index in [1.165, 1.54) is 23.5 Å². The molecule has 1 aromatic carbocycles. The van der Waals surface area contributed by atoms with Crippen LogP contribution in [0.3, 0.4) is 0 Å². The predicted molar refractivity (Wildman–Crippen MR) is 60.1 cm³/mol. The van der Waals surface area contributed by atoms with Crippen LogP contribution in [-0.4, -0.2) is 6.29 Å². The van der Waals surface area contributed by atoms with Gasteiger partial charge in [-0.2, -0.15) is 13.2 Å². The van der Waals surface area contributed by atoms with Crippen LogP contribution in [0.5, 0.6) is 0 Å². The molecule has 0 saturated carbocycles. The lowest BCUT2D eigenvalue weighted by atomic mass is 10.1. The Hall–Kier alpha value is -1.62.